The largest absolute Gasteiger partial charge is 0.464 e. The van der Waals surface area contributed by atoms with Crippen LogP contribution in [-0.2, 0) is 9.53 Å². The number of carbonyl (C=O) groups is 3. The molecule has 4 rings (SSSR count). The Hall–Kier alpha value is -3.20. The number of ether oxygens (including phenoxy) is 1. The second-order valence-electron chi connectivity index (χ2n) is 8.89. The Morgan fingerprint density at radius 1 is 1.03 bits per heavy atom. The molecular weight excluding hydrogens is 439 g/mol. The van der Waals surface area contributed by atoms with Crippen molar-refractivity contribution >= 4 is 23.3 Å². The molecule has 182 valence electrons. The van der Waals surface area contributed by atoms with E-state index in [2.05, 4.69) is 4.90 Å². The predicted octanol–water partition coefficient (Wildman–Crippen LogP) is 2.60. The highest BCUT2D eigenvalue weighted by Crippen LogP contribution is 2.26. The second-order valence-corrected chi connectivity index (χ2v) is 8.89. The zero-order valence-electron chi connectivity index (χ0n) is 19.7. The van der Waals surface area contributed by atoms with Crippen molar-refractivity contribution in [3.05, 3.63) is 53.6 Å². The number of esters is 1. The summed E-state index contributed by atoms with van der Waals surface area (Å²) in [6.07, 6.45) is 3.62. The van der Waals surface area contributed by atoms with Crippen molar-refractivity contribution in [3.63, 3.8) is 0 Å². The molecule has 3 heterocycles. The van der Waals surface area contributed by atoms with E-state index in [1.54, 1.807) is 18.2 Å². The molecule has 0 unspecified atom stereocenters. The summed E-state index contributed by atoms with van der Waals surface area (Å²) in [6.45, 7) is 5.52. The molecule has 0 atom stereocenters. The van der Waals surface area contributed by atoms with Crippen LogP contribution in [0.1, 0.15) is 46.7 Å². The van der Waals surface area contributed by atoms with E-state index in [9.17, 15) is 18.8 Å². The standard InChI is InChI=1S/C25H31FN4O4/c1-18(31)19-5-6-22(21(26)16-19)28-12-14-29(15-13-28)24(32)17-27-10-7-20(8-11-27)30-9-3-4-23(30)25(33)34-2/h3-6,9,16,20H,7-8,10-15,17H2,1-2H3. The lowest BCUT2D eigenvalue weighted by atomic mass is 10.0. The Morgan fingerprint density at radius 2 is 1.74 bits per heavy atom. The summed E-state index contributed by atoms with van der Waals surface area (Å²) in [5.74, 6) is -0.825. The van der Waals surface area contributed by atoms with Crippen LogP contribution in [0.5, 0.6) is 0 Å². The van der Waals surface area contributed by atoms with E-state index in [1.807, 2.05) is 26.6 Å². The molecule has 0 bridgehead atoms. The van der Waals surface area contributed by atoms with Crippen LogP contribution in [0.4, 0.5) is 10.1 Å². The Balaban J connectivity index is 1.26. The maximum atomic E-state index is 14.5. The summed E-state index contributed by atoms with van der Waals surface area (Å²) < 4.78 is 21.3. The van der Waals surface area contributed by atoms with Gasteiger partial charge in [0.05, 0.1) is 19.3 Å². The van der Waals surface area contributed by atoms with Crippen LogP contribution >= 0.6 is 0 Å². The first-order valence-electron chi connectivity index (χ1n) is 11.7. The minimum atomic E-state index is -0.409. The van der Waals surface area contributed by atoms with E-state index in [1.165, 1.54) is 20.1 Å². The summed E-state index contributed by atoms with van der Waals surface area (Å²) in [4.78, 5) is 42.2. The van der Waals surface area contributed by atoms with Crippen molar-refractivity contribution in [2.75, 3.05) is 57.8 Å². The maximum absolute atomic E-state index is 14.5. The summed E-state index contributed by atoms with van der Waals surface area (Å²) in [7, 11) is 1.38. The third kappa shape index (κ3) is 5.14. The highest BCUT2D eigenvalue weighted by molar-refractivity contribution is 5.94. The van der Waals surface area contributed by atoms with Gasteiger partial charge in [-0.25, -0.2) is 9.18 Å². The molecular formula is C25H31FN4O4. The molecule has 2 saturated heterocycles. The van der Waals surface area contributed by atoms with Crippen molar-refractivity contribution in [1.29, 1.82) is 0 Å². The molecule has 2 aliphatic heterocycles. The monoisotopic (exact) mass is 470 g/mol. The normalized spacial score (nSPS) is 17.6. The van der Waals surface area contributed by atoms with Crippen molar-refractivity contribution in [2.45, 2.75) is 25.8 Å². The van der Waals surface area contributed by atoms with Crippen LogP contribution in [0, 0.1) is 5.82 Å². The average molecular weight is 471 g/mol. The van der Waals surface area contributed by atoms with Crippen molar-refractivity contribution in [2.24, 2.45) is 0 Å². The molecule has 2 fully saturated rings. The van der Waals surface area contributed by atoms with Crippen LogP contribution in [0.2, 0.25) is 0 Å². The number of benzene rings is 1. The average Bonchev–Trinajstić information content (AvgIpc) is 3.34. The molecule has 0 saturated carbocycles. The van der Waals surface area contributed by atoms with Crippen molar-refractivity contribution in [3.8, 4) is 0 Å². The molecule has 0 radical (unpaired) electrons. The molecule has 2 aromatic rings. The Morgan fingerprint density at radius 3 is 2.35 bits per heavy atom. The fourth-order valence-corrected chi connectivity index (χ4v) is 4.82. The smallest absolute Gasteiger partial charge is 0.354 e. The topological polar surface area (TPSA) is 75.1 Å². The van der Waals surface area contributed by atoms with Crippen molar-refractivity contribution in [1.82, 2.24) is 14.4 Å². The first-order chi connectivity index (χ1) is 16.4. The Bertz CT molecular complexity index is 1050. The second kappa shape index (κ2) is 10.4. The number of amides is 1. The number of methoxy groups -OCH3 is 1. The minimum absolute atomic E-state index is 0.0849. The number of carbonyl (C=O) groups excluding carboxylic acids is 3. The molecule has 0 spiro atoms. The quantitative estimate of drug-likeness (QED) is 0.477. The number of halogens is 1. The molecule has 0 aliphatic carbocycles. The molecule has 1 amide bonds. The Labute approximate surface area is 198 Å². The number of likely N-dealkylation sites (tertiary alicyclic amines) is 1. The lowest BCUT2D eigenvalue weighted by Crippen LogP contribution is -2.52. The highest BCUT2D eigenvalue weighted by atomic mass is 19.1. The van der Waals surface area contributed by atoms with Gasteiger partial charge in [-0.1, -0.05) is 0 Å². The zero-order chi connectivity index (χ0) is 24.2. The van der Waals surface area contributed by atoms with Crippen LogP contribution in [0.15, 0.2) is 36.5 Å². The van der Waals surface area contributed by atoms with E-state index < -0.39 is 5.82 Å². The summed E-state index contributed by atoms with van der Waals surface area (Å²) in [5, 5.41) is 0. The van der Waals surface area contributed by atoms with Gasteiger partial charge < -0.3 is 19.1 Å². The number of piperidine rings is 1. The number of aromatic nitrogens is 1. The minimum Gasteiger partial charge on any atom is -0.464 e. The molecule has 2 aliphatic rings. The summed E-state index contributed by atoms with van der Waals surface area (Å²) in [5.41, 5.74) is 1.38. The van der Waals surface area contributed by atoms with Gasteiger partial charge in [0.2, 0.25) is 5.91 Å². The third-order valence-corrected chi connectivity index (χ3v) is 6.81. The molecule has 9 heteroatoms. The van der Waals surface area contributed by atoms with Gasteiger partial charge in [-0.2, -0.15) is 0 Å². The van der Waals surface area contributed by atoms with E-state index in [0.29, 0.717) is 49.7 Å². The number of rotatable bonds is 6. The summed E-state index contributed by atoms with van der Waals surface area (Å²) in [6, 6.07) is 8.40. The number of hydrogen-bond acceptors (Lipinski definition) is 6. The lowest BCUT2D eigenvalue weighted by Gasteiger charge is -2.38. The van der Waals surface area contributed by atoms with Crippen LogP contribution in [0.25, 0.3) is 0 Å². The van der Waals surface area contributed by atoms with E-state index in [-0.39, 0.29) is 23.7 Å². The third-order valence-electron chi connectivity index (χ3n) is 6.81. The van der Waals surface area contributed by atoms with Gasteiger partial charge >= 0.3 is 5.97 Å². The van der Waals surface area contributed by atoms with Crippen LogP contribution in [-0.4, -0.2) is 84.9 Å². The van der Waals surface area contributed by atoms with Gasteiger partial charge in [0.1, 0.15) is 11.5 Å². The number of ketones is 1. The number of piperazine rings is 1. The number of nitrogens with zero attached hydrogens (tertiary/aromatic N) is 4. The fraction of sp³-hybridized carbons (Fsp3) is 0.480. The van der Waals surface area contributed by atoms with Gasteiger partial charge in [0, 0.05) is 57.1 Å². The zero-order valence-corrected chi connectivity index (χ0v) is 19.7. The Kier molecular flexibility index (Phi) is 7.31. The molecule has 34 heavy (non-hydrogen) atoms. The fourth-order valence-electron chi connectivity index (χ4n) is 4.82. The molecule has 0 N–H and O–H groups in total. The predicted molar refractivity (Wildman–Crippen MR) is 126 cm³/mol. The molecule has 8 nitrogen and oxygen atoms in total. The van der Waals surface area contributed by atoms with Gasteiger partial charge in [-0.05, 0) is 50.1 Å². The molecule has 1 aromatic carbocycles. The number of anilines is 1. The number of Topliss-reactive ketones (excluding diaryl/α,β-unsaturated/α-hetero) is 1. The first-order valence-corrected chi connectivity index (χ1v) is 11.7. The number of hydrogen-bond donors (Lipinski definition) is 0. The maximum Gasteiger partial charge on any atom is 0.354 e. The van der Waals surface area contributed by atoms with Gasteiger partial charge in [0.25, 0.3) is 0 Å². The van der Waals surface area contributed by atoms with E-state index >= 15 is 0 Å². The lowest BCUT2D eigenvalue weighted by molar-refractivity contribution is -0.133. The van der Waals surface area contributed by atoms with Gasteiger partial charge in [0.15, 0.2) is 5.78 Å². The van der Waals surface area contributed by atoms with Gasteiger partial charge in [-0.15, -0.1) is 0 Å². The van der Waals surface area contributed by atoms with Crippen molar-refractivity contribution < 1.29 is 23.5 Å². The molecule has 1 aromatic heterocycles. The van der Waals surface area contributed by atoms with E-state index in [0.717, 1.165) is 25.9 Å². The van der Waals surface area contributed by atoms with Crippen LogP contribution < -0.4 is 4.90 Å². The highest BCUT2D eigenvalue weighted by Gasteiger charge is 2.28. The summed E-state index contributed by atoms with van der Waals surface area (Å²) >= 11 is 0. The van der Waals surface area contributed by atoms with E-state index in [4.69, 9.17) is 4.74 Å². The first kappa shape index (κ1) is 23.9. The van der Waals surface area contributed by atoms with Crippen LogP contribution in [0.3, 0.4) is 0 Å². The van der Waals surface area contributed by atoms with Gasteiger partial charge in [-0.3, -0.25) is 14.5 Å². The SMILES string of the molecule is COC(=O)c1cccn1C1CCN(CC(=O)N2CCN(c3ccc(C(C)=O)cc3F)CC2)CC1.